The molecule has 0 bridgehead atoms. The van der Waals surface area contributed by atoms with Crippen molar-refractivity contribution in [2.45, 2.75) is 25.2 Å². The maximum absolute atomic E-state index is 12.5. The third-order valence-electron chi connectivity index (χ3n) is 4.41. The number of rotatable bonds is 6. The Balaban J connectivity index is 1.99. The minimum absolute atomic E-state index is 0.0874. The first-order valence-electron chi connectivity index (χ1n) is 8.44. The summed E-state index contributed by atoms with van der Waals surface area (Å²) in [7, 11) is 1.21. The van der Waals surface area contributed by atoms with Gasteiger partial charge in [-0.15, -0.1) is 0 Å². The number of hydrogen-bond acceptors (Lipinski definition) is 6. The van der Waals surface area contributed by atoms with Gasteiger partial charge in [0.2, 0.25) is 0 Å². The monoisotopic (exact) mass is 368 g/mol. The zero-order chi connectivity index (χ0) is 19.4. The number of carbonyl (C=O) groups is 2. The molecule has 0 fully saturated rings. The quantitative estimate of drug-likeness (QED) is 0.790. The number of esters is 2. The molecule has 0 amide bonds. The maximum Gasteiger partial charge on any atom is 0.340 e. The van der Waals surface area contributed by atoms with Crippen LogP contribution in [0.2, 0.25) is 0 Å². The predicted molar refractivity (Wildman–Crippen MR) is 96.2 cm³/mol. The lowest BCUT2D eigenvalue weighted by Gasteiger charge is -2.31. The van der Waals surface area contributed by atoms with Gasteiger partial charge in [0, 0.05) is 0 Å². The van der Waals surface area contributed by atoms with Gasteiger partial charge in [0.05, 0.1) is 12.7 Å². The summed E-state index contributed by atoms with van der Waals surface area (Å²) < 4.78 is 15.8. The van der Waals surface area contributed by atoms with E-state index in [1.54, 1.807) is 30.3 Å². The SMILES string of the molecule is COC(=O)C(c1ccccc1)C1(O)OC(=O)C(C)=C1OCc1ccccc1. The van der Waals surface area contributed by atoms with Crippen LogP contribution in [0.4, 0.5) is 0 Å². The minimum Gasteiger partial charge on any atom is -0.486 e. The van der Waals surface area contributed by atoms with Crippen molar-refractivity contribution in [3.05, 3.63) is 83.1 Å². The largest absolute Gasteiger partial charge is 0.486 e. The molecule has 27 heavy (non-hydrogen) atoms. The van der Waals surface area contributed by atoms with Crippen molar-refractivity contribution in [3.8, 4) is 0 Å². The number of hydrogen-bond donors (Lipinski definition) is 1. The summed E-state index contributed by atoms with van der Waals surface area (Å²) in [5, 5.41) is 11.3. The van der Waals surface area contributed by atoms with Gasteiger partial charge in [0.25, 0.3) is 5.79 Å². The van der Waals surface area contributed by atoms with E-state index in [4.69, 9.17) is 14.2 Å². The van der Waals surface area contributed by atoms with Crippen LogP contribution >= 0.6 is 0 Å². The predicted octanol–water partition coefficient (Wildman–Crippen LogP) is 2.68. The van der Waals surface area contributed by atoms with Crippen LogP contribution in [0, 0.1) is 0 Å². The van der Waals surface area contributed by atoms with Gasteiger partial charge in [-0.3, -0.25) is 4.79 Å². The van der Waals surface area contributed by atoms with E-state index in [2.05, 4.69) is 0 Å². The molecule has 2 aromatic carbocycles. The van der Waals surface area contributed by atoms with Crippen LogP contribution < -0.4 is 0 Å². The highest BCUT2D eigenvalue weighted by atomic mass is 16.7. The van der Waals surface area contributed by atoms with Crippen LogP contribution in [0.1, 0.15) is 24.0 Å². The Kier molecular flexibility index (Phi) is 5.28. The third-order valence-corrected chi connectivity index (χ3v) is 4.41. The fraction of sp³-hybridized carbons (Fsp3) is 0.238. The summed E-state index contributed by atoms with van der Waals surface area (Å²) in [4.78, 5) is 24.7. The van der Waals surface area contributed by atoms with E-state index >= 15 is 0 Å². The smallest absolute Gasteiger partial charge is 0.340 e. The molecular formula is C21H20O6. The van der Waals surface area contributed by atoms with E-state index in [0.29, 0.717) is 5.56 Å². The number of carbonyl (C=O) groups excluding carboxylic acids is 2. The van der Waals surface area contributed by atoms with Gasteiger partial charge in [0.15, 0.2) is 11.7 Å². The topological polar surface area (TPSA) is 82.1 Å². The van der Waals surface area contributed by atoms with Crippen LogP contribution in [0.25, 0.3) is 0 Å². The molecule has 1 N–H and O–H groups in total. The van der Waals surface area contributed by atoms with Crippen molar-refractivity contribution in [1.29, 1.82) is 0 Å². The fourth-order valence-electron chi connectivity index (χ4n) is 3.04. The minimum atomic E-state index is -2.29. The first-order valence-corrected chi connectivity index (χ1v) is 8.44. The second kappa shape index (κ2) is 7.63. The normalized spacial score (nSPS) is 20.2. The lowest BCUT2D eigenvalue weighted by atomic mass is 9.88. The highest BCUT2D eigenvalue weighted by Gasteiger charge is 2.56. The first-order chi connectivity index (χ1) is 13.0. The molecule has 0 aromatic heterocycles. The third kappa shape index (κ3) is 3.57. The number of cyclic esters (lactones) is 1. The lowest BCUT2D eigenvalue weighted by molar-refractivity contribution is -0.207. The Morgan fingerprint density at radius 3 is 2.30 bits per heavy atom. The second-order valence-corrected chi connectivity index (χ2v) is 6.18. The molecule has 1 aliphatic rings. The number of aliphatic hydroxyl groups is 1. The molecule has 1 heterocycles. The van der Waals surface area contributed by atoms with Gasteiger partial charge in [0.1, 0.15) is 6.61 Å². The molecule has 3 rings (SSSR count). The zero-order valence-electron chi connectivity index (χ0n) is 15.0. The Bertz CT molecular complexity index is 859. The summed E-state index contributed by atoms with van der Waals surface area (Å²) in [5.74, 6) is -5.14. The molecule has 0 aliphatic carbocycles. The first kappa shape index (κ1) is 18.7. The number of benzene rings is 2. The van der Waals surface area contributed by atoms with E-state index in [9.17, 15) is 14.7 Å². The summed E-state index contributed by atoms with van der Waals surface area (Å²) in [6, 6.07) is 17.8. The standard InChI is InChI=1S/C21H20O6/c1-14-18(26-13-15-9-5-3-6-10-15)21(24,27-19(14)22)17(20(23)25-2)16-11-7-4-8-12-16/h3-12,17,24H,13H2,1-2H3. The second-order valence-electron chi connectivity index (χ2n) is 6.18. The van der Waals surface area contributed by atoms with E-state index < -0.39 is 23.6 Å². The molecule has 140 valence electrons. The molecule has 1 aliphatic heterocycles. The molecular weight excluding hydrogens is 348 g/mol. The zero-order valence-corrected chi connectivity index (χ0v) is 15.0. The molecule has 6 heteroatoms. The number of methoxy groups -OCH3 is 1. The van der Waals surface area contributed by atoms with Crippen molar-refractivity contribution in [2.75, 3.05) is 7.11 Å². The summed E-state index contributed by atoms with van der Waals surface area (Å²) in [6.07, 6.45) is 0. The summed E-state index contributed by atoms with van der Waals surface area (Å²) in [6.45, 7) is 1.59. The van der Waals surface area contributed by atoms with Crippen LogP contribution in [-0.4, -0.2) is 29.9 Å². The van der Waals surface area contributed by atoms with Gasteiger partial charge < -0.3 is 19.3 Å². The van der Waals surface area contributed by atoms with Gasteiger partial charge in [-0.25, -0.2) is 4.79 Å². The van der Waals surface area contributed by atoms with Crippen LogP contribution in [-0.2, 0) is 30.4 Å². The molecule has 2 aromatic rings. The van der Waals surface area contributed by atoms with Crippen LogP contribution in [0.15, 0.2) is 72.0 Å². The van der Waals surface area contributed by atoms with Gasteiger partial charge in [-0.05, 0) is 18.1 Å². The van der Waals surface area contributed by atoms with Crippen molar-refractivity contribution in [3.63, 3.8) is 0 Å². The Hall–Kier alpha value is -3.12. The summed E-state index contributed by atoms with van der Waals surface area (Å²) in [5.41, 5.74) is 1.39. The van der Waals surface area contributed by atoms with Crippen molar-refractivity contribution in [2.24, 2.45) is 0 Å². The highest BCUT2D eigenvalue weighted by molar-refractivity contribution is 5.93. The molecule has 2 unspecified atom stereocenters. The molecule has 6 nitrogen and oxygen atoms in total. The highest BCUT2D eigenvalue weighted by Crippen LogP contribution is 2.43. The van der Waals surface area contributed by atoms with E-state index in [1.165, 1.54) is 14.0 Å². The van der Waals surface area contributed by atoms with Crippen LogP contribution in [0.3, 0.4) is 0 Å². The fourth-order valence-corrected chi connectivity index (χ4v) is 3.04. The summed E-state index contributed by atoms with van der Waals surface area (Å²) >= 11 is 0. The average molecular weight is 368 g/mol. The van der Waals surface area contributed by atoms with Gasteiger partial charge in [-0.2, -0.15) is 0 Å². The van der Waals surface area contributed by atoms with Crippen LogP contribution in [0.5, 0.6) is 0 Å². The van der Waals surface area contributed by atoms with E-state index in [-0.39, 0.29) is 17.9 Å². The van der Waals surface area contributed by atoms with Gasteiger partial charge in [-0.1, -0.05) is 60.7 Å². The molecule has 0 radical (unpaired) electrons. The molecule has 0 spiro atoms. The molecule has 0 saturated carbocycles. The Labute approximate surface area is 157 Å². The molecule has 2 atom stereocenters. The lowest BCUT2D eigenvalue weighted by Crippen LogP contribution is -2.44. The molecule has 0 saturated heterocycles. The Morgan fingerprint density at radius 2 is 1.70 bits per heavy atom. The Morgan fingerprint density at radius 1 is 1.11 bits per heavy atom. The average Bonchev–Trinajstić information content (AvgIpc) is 2.90. The van der Waals surface area contributed by atoms with Crippen molar-refractivity contribution >= 4 is 11.9 Å². The number of ether oxygens (including phenoxy) is 3. The van der Waals surface area contributed by atoms with E-state index in [1.807, 2.05) is 30.3 Å². The van der Waals surface area contributed by atoms with Gasteiger partial charge >= 0.3 is 11.9 Å². The maximum atomic E-state index is 12.5. The van der Waals surface area contributed by atoms with Crippen molar-refractivity contribution in [1.82, 2.24) is 0 Å². The van der Waals surface area contributed by atoms with E-state index in [0.717, 1.165) is 5.56 Å². The van der Waals surface area contributed by atoms with Crippen molar-refractivity contribution < 1.29 is 28.9 Å².